The summed E-state index contributed by atoms with van der Waals surface area (Å²) >= 11 is 0. The van der Waals surface area contributed by atoms with E-state index < -0.39 is 6.04 Å². The van der Waals surface area contributed by atoms with Crippen LogP contribution in [-0.4, -0.2) is 34.2 Å². The molecule has 0 spiro atoms. The number of amides is 2. The van der Waals surface area contributed by atoms with Gasteiger partial charge in [-0.05, 0) is 36.6 Å². The van der Waals surface area contributed by atoms with Crippen molar-refractivity contribution in [2.24, 2.45) is 11.7 Å². The Labute approximate surface area is 147 Å². The lowest BCUT2D eigenvalue weighted by Gasteiger charge is -2.17. The molecule has 2 atom stereocenters. The van der Waals surface area contributed by atoms with E-state index in [2.05, 4.69) is 15.7 Å². The zero-order valence-corrected chi connectivity index (χ0v) is 14.8. The van der Waals surface area contributed by atoms with E-state index in [1.807, 2.05) is 57.3 Å². The highest BCUT2D eigenvalue weighted by Gasteiger charge is 2.18. The molecule has 7 nitrogen and oxygen atoms in total. The highest BCUT2D eigenvalue weighted by Crippen LogP contribution is 2.16. The summed E-state index contributed by atoms with van der Waals surface area (Å²) in [5, 5.41) is 9.63. The van der Waals surface area contributed by atoms with Crippen LogP contribution >= 0.6 is 0 Å². The largest absolute Gasteiger partial charge is 0.348 e. The number of rotatable bonds is 7. The molecule has 1 aromatic carbocycles. The number of benzene rings is 1. The first-order valence-electron chi connectivity index (χ1n) is 8.31. The number of carbonyl (C=O) groups is 2. The summed E-state index contributed by atoms with van der Waals surface area (Å²) in [5.74, 6) is -0.563. The Kier molecular flexibility index (Phi) is 6.30. The third-order valence-corrected chi connectivity index (χ3v) is 3.96. The van der Waals surface area contributed by atoms with E-state index >= 15 is 0 Å². The summed E-state index contributed by atoms with van der Waals surface area (Å²) in [4.78, 5) is 23.8. The van der Waals surface area contributed by atoms with Crippen molar-refractivity contribution in [2.45, 2.75) is 32.9 Å². The number of nitrogens with zero attached hydrogens (tertiary/aromatic N) is 2. The lowest BCUT2D eigenvalue weighted by atomic mass is 10.1. The average molecular weight is 343 g/mol. The Morgan fingerprint density at radius 3 is 2.64 bits per heavy atom. The van der Waals surface area contributed by atoms with Crippen LogP contribution in [0.15, 0.2) is 42.7 Å². The van der Waals surface area contributed by atoms with Crippen LogP contribution in [0.1, 0.15) is 32.4 Å². The second-order valence-electron chi connectivity index (χ2n) is 6.32. The van der Waals surface area contributed by atoms with Crippen LogP contribution in [0.4, 0.5) is 0 Å². The zero-order chi connectivity index (χ0) is 18.4. The van der Waals surface area contributed by atoms with E-state index in [1.165, 1.54) is 0 Å². The van der Waals surface area contributed by atoms with Crippen molar-refractivity contribution in [3.8, 4) is 5.69 Å². The summed E-state index contributed by atoms with van der Waals surface area (Å²) in [6.07, 6.45) is 3.57. The maximum absolute atomic E-state index is 12.1. The minimum atomic E-state index is -0.615. The molecule has 0 saturated heterocycles. The molecule has 0 radical (unpaired) electrons. The highest BCUT2D eigenvalue weighted by molar-refractivity contribution is 5.87. The highest BCUT2D eigenvalue weighted by atomic mass is 16.2. The van der Waals surface area contributed by atoms with Crippen LogP contribution in [0, 0.1) is 5.92 Å². The minimum Gasteiger partial charge on any atom is -0.348 e. The Morgan fingerprint density at radius 2 is 2.00 bits per heavy atom. The molecule has 2 rings (SSSR count). The molecule has 0 saturated carbocycles. The quantitative estimate of drug-likeness (QED) is 0.702. The van der Waals surface area contributed by atoms with E-state index in [4.69, 9.17) is 5.73 Å². The summed E-state index contributed by atoms with van der Waals surface area (Å²) < 4.78 is 1.76. The molecule has 0 aliphatic carbocycles. The van der Waals surface area contributed by atoms with Crippen LogP contribution in [0.3, 0.4) is 0 Å². The van der Waals surface area contributed by atoms with Crippen molar-refractivity contribution in [1.29, 1.82) is 0 Å². The number of nitrogens with one attached hydrogen (secondary N) is 2. The number of carbonyl (C=O) groups excluding carboxylic acids is 2. The van der Waals surface area contributed by atoms with Gasteiger partial charge in [0.1, 0.15) is 0 Å². The molecular weight excluding hydrogens is 318 g/mol. The molecule has 25 heavy (non-hydrogen) atoms. The smallest absolute Gasteiger partial charge is 0.239 e. The molecule has 0 bridgehead atoms. The molecule has 1 unspecified atom stereocenters. The standard InChI is InChI=1S/C18H25N5O2/c1-12(2)17(19)18(25)20-11-16(24)22-13(3)14-6-4-7-15(10-14)23-9-5-8-21-23/h4-10,12-13,17H,11,19H2,1-3H3,(H,20,25)(H,22,24)/t13?,17-/m0/s1. The van der Waals surface area contributed by atoms with Crippen LogP contribution in [0.5, 0.6) is 0 Å². The topological polar surface area (TPSA) is 102 Å². The lowest BCUT2D eigenvalue weighted by molar-refractivity contribution is -0.127. The third kappa shape index (κ3) is 5.15. The van der Waals surface area contributed by atoms with Gasteiger partial charge in [0.2, 0.25) is 11.8 Å². The van der Waals surface area contributed by atoms with Crippen LogP contribution in [-0.2, 0) is 9.59 Å². The molecule has 2 amide bonds. The molecule has 7 heteroatoms. The predicted octanol–water partition coefficient (Wildman–Crippen LogP) is 1.15. The summed E-state index contributed by atoms with van der Waals surface area (Å²) in [5.41, 5.74) is 7.62. The summed E-state index contributed by atoms with van der Waals surface area (Å²) in [6, 6.07) is 8.80. The van der Waals surface area contributed by atoms with Crippen molar-refractivity contribution < 1.29 is 9.59 Å². The molecule has 134 valence electrons. The maximum atomic E-state index is 12.1. The monoisotopic (exact) mass is 343 g/mol. The van der Waals surface area contributed by atoms with Crippen LogP contribution in [0.25, 0.3) is 5.69 Å². The molecule has 0 aliphatic heterocycles. The molecule has 2 aromatic rings. The van der Waals surface area contributed by atoms with Crippen LogP contribution < -0.4 is 16.4 Å². The van der Waals surface area contributed by atoms with Gasteiger partial charge in [-0.2, -0.15) is 5.10 Å². The number of hydrogen-bond acceptors (Lipinski definition) is 4. The van der Waals surface area contributed by atoms with E-state index in [0.717, 1.165) is 11.3 Å². The fraction of sp³-hybridized carbons (Fsp3) is 0.389. The van der Waals surface area contributed by atoms with E-state index in [9.17, 15) is 9.59 Å². The Bertz CT molecular complexity index is 712. The van der Waals surface area contributed by atoms with Crippen molar-refractivity contribution >= 4 is 11.8 Å². The van der Waals surface area contributed by atoms with E-state index in [-0.39, 0.29) is 30.3 Å². The molecule has 1 aromatic heterocycles. The first-order chi connectivity index (χ1) is 11.9. The zero-order valence-electron chi connectivity index (χ0n) is 14.8. The maximum Gasteiger partial charge on any atom is 0.239 e. The van der Waals surface area contributed by atoms with E-state index in [1.54, 1.807) is 10.9 Å². The number of nitrogens with two attached hydrogens (primary N) is 1. The third-order valence-electron chi connectivity index (χ3n) is 3.96. The fourth-order valence-corrected chi connectivity index (χ4v) is 2.32. The Hall–Kier alpha value is -2.67. The van der Waals surface area contributed by atoms with Gasteiger partial charge in [0.05, 0.1) is 24.3 Å². The first-order valence-corrected chi connectivity index (χ1v) is 8.31. The number of aromatic nitrogens is 2. The predicted molar refractivity (Wildman–Crippen MR) is 95.9 cm³/mol. The lowest BCUT2D eigenvalue weighted by Crippen LogP contribution is -2.47. The SMILES string of the molecule is CC(NC(=O)CNC(=O)[C@@H](N)C(C)C)c1cccc(-n2cccn2)c1. The van der Waals surface area contributed by atoms with Gasteiger partial charge in [0.25, 0.3) is 0 Å². The van der Waals surface area contributed by atoms with Gasteiger partial charge in [0.15, 0.2) is 0 Å². The second kappa shape index (κ2) is 8.43. The van der Waals surface area contributed by atoms with Gasteiger partial charge < -0.3 is 16.4 Å². The van der Waals surface area contributed by atoms with Crippen molar-refractivity contribution in [3.63, 3.8) is 0 Å². The van der Waals surface area contributed by atoms with Gasteiger partial charge in [-0.3, -0.25) is 9.59 Å². The molecule has 0 fully saturated rings. The first kappa shape index (κ1) is 18.7. The van der Waals surface area contributed by atoms with Gasteiger partial charge in [0, 0.05) is 12.4 Å². The van der Waals surface area contributed by atoms with Crippen molar-refractivity contribution in [1.82, 2.24) is 20.4 Å². The molecule has 4 N–H and O–H groups in total. The van der Waals surface area contributed by atoms with Gasteiger partial charge in [-0.1, -0.05) is 26.0 Å². The van der Waals surface area contributed by atoms with Crippen molar-refractivity contribution in [2.75, 3.05) is 6.54 Å². The summed E-state index contributed by atoms with van der Waals surface area (Å²) in [7, 11) is 0. The fourth-order valence-electron chi connectivity index (χ4n) is 2.32. The summed E-state index contributed by atoms with van der Waals surface area (Å²) in [6.45, 7) is 5.52. The van der Waals surface area contributed by atoms with Gasteiger partial charge in [-0.25, -0.2) is 4.68 Å². The van der Waals surface area contributed by atoms with Gasteiger partial charge in [-0.15, -0.1) is 0 Å². The van der Waals surface area contributed by atoms with Crippen molar-refractivity contribution in [3.05, 3.63) is 48.3 Å². The number of hydrogen-bond donors (Lipinski definition) is 3. The van der Waals surface area contributed by atoms with E-state index in [0.29, 0.717) is 0 Å². The molecule has 1 heterocycles. The normalized spacial score (nSPS) is 13.3. The second-order valence-corrected chi connectivity index (χ2v) is 6.32. The Balaban J connectivity index is 1.91. The molecule has 0 aliphatic rings. The van der Waals surface area contributed by atoms with Gasteiger partial charge >= 0.3 is 0 Å². The minimum absolute atomic E-state index is 0.0204. The Morgan fingerprint density at radius 1 is 1.24 bits per heavy atom. The average Bonchev–Trinajstić information content (AvgIpc) is 3.13. The van der Waals surface area contributed by atoms with Crippen LogP contribution in [0.2, 0.25) is 0 Å². The molecular formula is C18H25N5O2.